The number of rotatable bonds is 4. The lowest BCUT2D eigenvalue weighted by molar-refractivity contribution is -0.0328. The minimum Gasteiger partial charge on any atom is -0.462 e. The Balaban J connectivity index is 2.56. The maximum atomic E-state index is 12.9. The summed E-state index contributed by atoms with van der Waals surface area (Å²) in [5.41, 5.74) is -0.0389. The van der Waals surface area contributed by atoms with Crippen molar-refractivity contribution >= 4 is 31.9 Å². The zero-order chi connectivity index (χ0) is 22.9. The number of sulfone groups is 1. The van der Waals surface area contributed by atoms with Crippen LogP contribution in [0.15, 0.2) is 58.3 Å². The largest absolute Gasteiger partial charge is 0.462 e. The number of hydrogen-bond donors (Lipinski definition) is 1. The smallest absolute Gasteiger partial charge is 0.456 e. The van der Waals surface area contributed by atoms with E-state index in [-0.39, 0.29) is 5.56 Å². The van der Waals surface area contributed by atoms with Gasteiger partial charge in [0.2, 0.25) is 0 Å². The van der Waals surface area contributed by atoms with Crippen LogP contribution in [0.5, 0.6) is 0 Å². The number of hydrogen-bond acceptors (Lipinski definition) is 7. The second-order valence-electron chi connectivity index (χ2n) is 7.41. The molecule has 0 saturated carbocycles. The summed E-state index contributed by atoms with van der Waals surface area (Å²) in [7, 11) is -9.08. The summed E-state index contributed by atoms with van der Waals surface area (Å²) >= 11 is 0. The molecule has 1 amide bonds. The Morgan fingerprint density at radius 2 is 1.40 bits per heavy atom. The Morgan fingerprint density at radius 1 is 0.900 bits per heavy atom. The summed E-state index contributed by atoms with van der Waals surface area (Å²) < 4.78 is 49.2. The molecule has 30 heavy (non-hydrogen) atoms. The van der Waals surface area contributed by atoms with E-state index in [0.29, 0.717) is 5.56 Å². The van der Waals surface area contributed by atoms with Crippen LogP contribution in [0.2, 0.25) is 0 Å². The highest BCUT2D eigenvalue weighted by Crippen LogP contribution is 2.28. The minimum absolute atomic E-state index is 0.0251. The second kappa shape index (κ2) is 8.07. The zero-order valence-electron chi connectivity index (χ0n) is 16.7. The van der Waals surface area contributed by atoms with Crippen molar-refractivity contribution in [3.05, 3.63) is 59.7 Å². The molecule has 0 saturated heterocycles. The Bertz CT molecular complexity index is 1200. The first kappa shape index (κ1) is 23.4. The van der Waals surface area contributed by atoms with Gasteiger partial charge in [0.25, 0.3) is 0 Å². The van der Waals surface area contributed by atoms with Crippen molar-refractivity contribution in [2.24, 2.45) is 0 Å². The van der Waals surface area contributed by atoms with Gasteiger partial charge in [0, 0.05) is 6.26 Å². The third-order valence-electron chi connectivity index (χ3n) is 4.02. The third kappa shape index (κ3) is 4.79. The predicted molar refractivity (Wildman–Crippen MR) is 107 cm³/mol. The molecule has 2 aromatic rings. The molecular formula is C19H21NO8S2. The fourth-order valence-corrected chi connectivity index (χ4v) is 5.34. The lowest BCUT2D eigenvalue weighted by atomic mass is 9.84. The van der Waals surface area contributed by atoms with E-state index in [9.17, 15) is 31.5 Å². The van der Waals surface area contributed by atoms with Crippen LogP contribution in [-0.2, 0) is 30.1 Å². The molecule has 0 fully saturated rings. The van der Waals surface area contributed by atoms with Crippen molar-refractivity contribution in [1.82, 2.24) is 4.47 Å². The summed E-state index contributed by atoms with van der Waals surface area (Å²) in [5, 5.41) is 9.41. The van der Waals surface area contributed by atoms with E-state index in [1.54, 1.807) is 12.1 Å². The third-order valence-corrected chi connectivity index (χ3v) is 6.89. The van der Waals surface area contributed by atoms with E-state index < -0.39 is 51.6 Å². The number of benzene rings is 2. The number of carbonyl (C=O) groups is 2. The molecule has 9 nitrogen and oxygen atoms in total. The summed E-state index contributed by atoms with van der Waals surface area (Å²) in [5.74, 6) is -1.22. The van der Waals surface area contributed by atoms with E-state index in [1.165, 1.54) is 24.3 Å². The number of hydroxylamine groups is 1. The molecule has 0 aliphatic carbocycles. The van der Waals surface area contributed by atoms with Crippen LogP contribution in [0.25, 0.3) is 0 Å². The van der Waals surface area contributed by atoms with Gasteiger partial charge in [-0.3, -0.25) is 0 Å². The summed E-state index contributed by atoms with van der Waals surface area (Å²) in [6.45, 7) is 5.44. The van der Waals surface area contributed by atoms with Gasteiger partial charge in [-0.1, -0.05) is 51.1 Å². The van der Waals surface area contributed by atoms with Crippen molar-refractivity contribution < 1.29 is 36.4 Å². The zero-order valence-corrected chi connectivity index (χ0v) is 18.3. The molecule has 0 aliphatic heterocycles. The van der Waals surface area contributed by atoms with Crippen molar-refractivity contribution in [1.29, 1.82) is 0 Å². The van der Waals surface area contributed by atoms with E-state index >= 15 is 0 Å². The molecule has 0 atom stereocenters. The lowest BCUT2D eigenvalue weighted by Crippen LogP contribution is -2.38. The molecule has 2 rings (SSSR count). The maximum absolute atomic E-state index is 12.9. The lowest BCUT2D eigenvalue weighted by Gasteiger charge is -2.23. The van der Waals surface area contributed by atoms with Crippen LogP contribution in [0, 0.1) is 0 Å². The van der Waals surface area contributed by atoms with Gasteiger partial charge < -0.3 is 9.94 Å². The van der Waals surface area contributed by atoms with Gasteiger partial charge in [-0.25, -0.2) is 18.0 Å². The molecular weight excluding hydrogens is 434 g/mol. The molecule has 2 aromatic carbocycles. The Hall–Kier alpha value is -2.92. The SMILES string of the molecule is CC(C)(C)c1ccccc1C(=O)ON(C(=O)O)S(=O)(=O)c1ccccc1S(C)(=O)=O. The fourth-order valence-electron chi connectivity index (χ4n) is 2.69. The maximum Gasteiger partial charge on any atom is 0.456 e. The van der Waals surface area contributed by atoms with Gasteiger partial charge in [-0.15, -0.1) is 0 Å². The van der Waals surface area contributed by atoms with E-state index in [4.69, 9.17) is 4.84 Å². The summed E-state index contributed by atoms with van der Waals surface area (Å²) in [6.07, 6.45) is -1.34. The molecule has 0 aromatic heterocycles. The normalized spacial score (nSPS) is 12.3. The summed E-state index contributed by atoms with van der Waals surface area (Å²) in [6, 6.07) is 10.6. The van der Waals surface area contributed by atoms with Crippen LogP contribution in [-0.4, -0.2) is 44.7 Å². The van der Waals surface area contributed by atoms with Crippen LogP contribution in [0.1, 0.15) is 36.7 Å². The van der Waals surface area contributed by atoms with E-state index in [0.717, 1.165) is 18.4 Å². The number of carbonyl (C=O) groups excluding carboxylic acids is 1. The molecule has 1 N–H and O–H groups in total. The first-order valence-corrected chi connectivity index (χ1v) is 11.9. The van der Waals surface area contributed by atoms with Gasteiger partial charge in [0.05, 0.1) is 10.5 Å². The van der Waals surface area contributed by atoms with Gasteiger partial charge in [0.1, 0.15) is 4.90 Å². The van der Waals surface area contributed by atoms with Crippen molar-refractivity contribution in [3.8, 4) is 0 Å². The highest BCUT2D eigenvalue weighted by Gasteiger charge is 2.38. The van der Waals surface area contributed by atoms with Crippen LogP contribution < -0.4 is 0 Å². The Morgan fingerprint density at radius 3 is 1.90 bits per heavy atom. The predicted octanol–water partition coefficient (Wildman–Crippen LogP) is 2.83. The van der Waals surface area contributed by atoms with Gasteiger partial charge in [-0.2, -0.15) is 8.42 Å². The fraction of sp³-hybridized carbons (Fsp3) is 0.263. The average Bonchev–Trinajstić information content (AvgIpc) is 2.64. The highest BCUT2D eigenvalue weighted by atomic mass is 32.2. The van der Waals surface area contributed by atoms with Gasteiger partial charge >= 0.3 is 22.1 Å². The number of amides is 1. The number of sulfonamides is 1. The average molecular weight is 456 g/mol. The number of nitrogens with zero attached hydrogens (tertiary/aromatic N) is 1. The van der Waals surface area contributed by atoms with Crippen LogP contribution in [0.4, 0.5) is 4.79 Å². The van der Waals surface area contributed by atoms with Crippen LogP contribution >= 0.6 is 0 Å². The van der Waals surface area contributed by atoms with E-state index in [2.05, 4.69) is 0 Å². The van der Waals surface area contributed by atoms with E-state index in [1.807, 2.05) is 20.8 Å². The van der Waals surface area contributed by atoms with Gasteiger partial charge in [0.15, 0.2) is 9.84 Å². The molecule has 162 valence electrons. The Kier molecular flexibility index (Phi) is 6.29. The quantitative estimate of drug-likeness (QED) is 0.695. The first-order valence-electron chi connectivity index (χ1n) is 8.56. The van der Waals surface area contributed by atoms with Crippen LogP contribution in [0.3, 0.4) is 0 Å². The van der Waals surface area contributed by atoms with Crippen molar-refractivity contribution in [3.63, 3.8) is 0 Å². The summed E-state index contributed by atoms with van der Waals surface area (Å²) in [4.78, 5) is 27.6. The standard InChI is InChI=1S/C19H21NO8S2/c1-19(2,3)14-10-6-5-9-13(14)17(21)28-20(18(22)23)30(26,27)16-12-8-7-11-15(16)29(4,24)25/h5-12H,1-4H3,(H,22,23). The molecule has 11 heteroatoms. The van der Waals surface area contributed by atoms with Gasteiger partial charge in [-0.05, 0) is 33.6 Å². The number of carboxylic acid groups (broad SMARTS) is 1. The molecule has 0 aliphatic rings. The molecule has 0 unspecified atom stereocenters. The molecule has 0 heterocycles. The highest BCUT2D eigenvalue weighted by molar-refractivity contribution is 7.93. The monoisotopic (exact) mass is 455 g/mol. The first-order chi connectivity index (χ1) is 13.7. The molecule has 0 radical (unpaired) electrons. The van der Waals surface area contributed by atoms with Crippen molar-refractivity contribution in [2.75, 3.05) is 6.26 Å². The van der Waals surface area contributed by atoms with Crippen molar-refractivity contribution in [2.45, 2.75) is 36.0 Å². The second-order valence-corrected chi connectivity index (χ2v) is 11.1. The molecule has 0 bridgehead atoms. The topological polar surface area (TPSA) is 135 Å². The minimum atomic E-state index is -5.05. The molecule has 0 spiro atoms. The Labute approximate surface area is 174 Å².